The summed E-state index contributed by atoms with van der Waals surface area (Å²) in [7, 11) is 0. The second kappa shape index (κ2) is 6.70. The van der Waals surface area contributed by atoms with Crippen molar-refractivity contribution in [2.75, 3.05) is 12.4 Å². The summed E-state index contributed by atoms with van der Waals surface area (Å²) in [4.78, 5) is 12.0. The molecule has 1 amide bonds. The summed E-state index contributed by atoms with van der Waals surface area (Å²) in [6.07, 6.45) is 0.829. The van der Waals surface area contributed by atoms with Crippen molar-refractivity contribution in [2.24, 2.45) is 5.41 Å². The van der Waals surface area contributed by atoms with Crippen molar-refractivity contribution >= 4 is 40.1 Å². The fourth-order valence-corrected chi connectivity index (χ4v) is 2.67. The summed E-state index contributed by atoms with van der Waals surface area (Å²) in [5, 5.41) is 2.86. The molecule has 0 spiro atoms. The van der Waals surface area contributed by atoms with Crippen LogP contribution in [-0.2, 0) is 0 Å². The van der Waals surface area contributed by atoms with Gasteiger partial charge in [0.25, 0.3) is 5.91 Å². The zero-order chi connectivity index (χ0) is 13.8. The molecule has 1 aromatic carbocycles. The molecule has 0 saturated heterocycles. The molecular weight excluding hydrogens is 368 g/mol. The molecular formula is C13H16ClFINO. The number of benzene rings is 1. The van der Waals surface area contributed by atoms with E-state index < -0.39 is 0 Å². The largest absolute Gasteiger partial charge is 0.351 e. The molecule has 0 radical (unpaired) electrons. The first-order valence-electron chi connectivity index (χ1n) is 5.65. The monoisotopic (exact) mass is 383 g/mol. The first-order chi connectivity index (χ1) is 8.35. The molecule has 1 N–H and O–H groups in total. The molecule has 0 unspecified atom stereocenters. The van der Waals surface area contributed by atoms with E-state index >= 15 is 0 Å². The van der Waals surface area contributed by atoms with E-state index in [0.717, 1.165) is 6.42 Å². The minimum Gasteiger partial charge on any atom is -0.351 e. The molecule has 0 bridgehead atoms. The fraction of sp³-hybridized carbons (Fsp3) is 0.462. The topological polar surface area (TPSA) is 29.1 Å². The van der Waals surface area contributed by atoms with Gasteiger partial charge in [-0.15, -0.1) is 11.6 Å². The van der Waals surface area contributed by atoms with E-state index in [1.54, 1.807) is 0 Å². The lowest BCUT2D eigenvalue weighted by Gasteiger charge is -2.23. The quantitative estimate of drug-likeness (QED) is 0.608. The van der Waals surface area contributed by atoms with Gasteiger partial charge >= 0.3 is 0 Å². The normalized spacial score (nSPS) is 11.4. The summed E-state index contributed by atoms with van der Waals surface area (Å²) in [5.74, 6) is 0.0530. The van der Waals surface area contributed by atoms with Crippen LogP contribution < -0.4 is 5.32 Å². The summed E-state index contributed by atoms with van der Waals surface area (Å²) >= 11 is 7.66. The zero-order valence-corrected chi connectivity index (χ0v) is 13.3. The van der Waals surface area contributed by atoms with Crippen LogP contribution in [0.4, 0.5) is 4.39 Å². The van der Waals surface area contributed by atoms with Gasteiger partial charge in [0, 0.05) is 16.0 Å². The van der Waals surface area contributed by atoms with E-state index in [9.17, 15) is 9.18 Å². The predicted molar refractivity (Wildman–Crippen MR) is 80.6 cm³/mol. The summed E-state index contributed by atoms with van der Waals surface area (Å²) in [6, 6.07) is 4.14. The van der Waals surface area contributed by atoms with E-state index in [1.165, 1.54) is 18.2 Å². The Bertz CT molecular complexity index is 437. The lowest BCUT2D eigenvalue weighted by molar-refractivity contribution is 0.0935. The number of alkyl halides is 1. The number of nitrogens with one attached hydrogen (secondary N) is 1. The van der Waals surface area contributed by atoms with Gasteiger partial charge in [0.2, 0.25) is 0 Å². The summed E-state index contributed by atoms with van der Waals surface area (Å²) in [5.41, 5.74) is 0.460. The van der Waals surface area contributed by atoms with Gasteiger partial charge in [-0.25, -0.2) is 4.39 Å². The number of hydrogen-bond donors (Lipinski definition) is 1. The van der Waals surface area contributed by atoms with Crippen molar-refractivity contribution in [2.45, 2.75) is 20.3 Å². The Morgan fingerprint density at radius 2 is 2.17 bits per heavy atom. The van der Waals surface area contributed by atoms with Gasteiger partial charge in [-0.3, -0.25) is 4.79 Å². The molecule has 0 aliphatic heterocycles. The number of rotatable bonds is 5. The lowest BCUT2D eigenvalue weighted by atomic mass is 9.90. The lowest BCUT2D eigenvalue weighted by Crippen LogP contribution is -2.34. The van der Waals surface area contributed by atoms with Crippen molar-refractivity contribution in [1.29, 1.82) is 0 Å². The predicted octanol–water partition coefficient (Wildman–Crippen LogP) is 3.82. The maximum atomic E-state index is 12.9. The molecule has 0 aliphatic rings. The van der Waals surface area contributed by atoms with Crippen LogP contribution in [0, 0.1) is 14.8 Å². The van der Waals surface area contributed by atoms with Crippen LogP contribution in [0.25, 0.3) is 0 Å². The van der Waals surface area contributed by atoms with Crippen molar-refractivity contribution in [3.63, 3.8) is 0 Å². The Hall–Kier alpha value is -0.360. The van der Waals surface area contributed by atoms with Crippen LogP contribution in [0.2, 0.25) is 0 Å². The first kappa shape index (κ1) is 15.7. The number of halogens is 3. The van der Waals surface area contributed by atoms with Crippen LogP contribution in [0.1, 0.15) is 30.6 Å². The molecule has 0 saturated carbocycles. The smallest absolute Gasteiger partial charge is 0.252 e. The number of amides is 1. The molecule has 0 heterocycles. The van der Waals surface area contributed by atoms with Crippen LogP contribution in [-0.4, -0.2) is 18.3 Å². The van der Waals surface area contributed by atoms with Crippen LogP contribution in [0.15, 0.2) is 18.2 Å². The molecule has 18 heavy (non-hydrogen) atoms. The molecule has 0 aliphatic carbocycles. The molecule has 1 rings (SSSR count). The van der Waals surface area contributed by atoms with Crippen LogP contribution in [0.5, 0.6) is 0 Å². The first-order valence-corrected chi connectivity index (χ1v) is 7.26. The second-order valence-corrected chi connectivity index (χ2v) is 6.45. The third kappa shape index (κ3) is 4.72. The Kier molecular flexibility index (Phi) is 5.85. The molecule has 0 aromatic heterocycles. The van der Waals surface area contributed by atoms with Gasteiger partial charge in [-0.2, -0.15) is 0 Å². The molecule has 2 nitrogen and oxygen atoms in total. The number of hydrogen-bond acceptors (Lipinski definition) is 1. The maximum Gasteiger partial charge on any atom is 0.252 e. The molecule has 5 heteroatoms. The molecule has 1 aromatic rings. The molecule has 0 fully saturated rings. The van der Waals surface area contributed by atoms with Crippen molar-refractivity contribution < 1.29 is 9.18 Å². The van der Waals surface area contributed by atoms with E-state index in [4.69, 9.17) is 11.6 Å². The third-order valence-electron chi connectivity index (χ3n) is 2.67. The Balaban J connectivity index is 2.66. The van der Waals surface area contributed by atoms with Gasteiger partial charge in [0.05, 0.1) is 5.56 Å². The van der Waals surface area contributed by atoms with Gasteiger partial charge in [-0.1, -0.05) is 13.8 Å². The standard InChI is InChI=1S/C13H16ClFINO/c1-13(2,5-6-14)8-17-12(18)10-4-3-9(15)7-11(10)16/h3-4,7H,5-6,8H2,1-2H3,(H,17,18). The van der Waals surface area contributed by atoms with Gasteiger partial charge in [-0.05, 0) is 52.6 Å². The third-order valence-corrected chi connectivity index (χ3v) is 3.76. The van der Waals surface area contributed by atoms with Crippen molar-refractivity contribution in [1.82, 2.24) is 5.32 Å². The highest BCUT2D eigenvalue weighted by molar-refractivity contribution is 14.1. The Labute approximate surface area is 125 Å². The van der Waals surface area contributed by atoms with E-state index in [-0.39, 0.29) is 17.1 Å². The minimum atomic E-state index is -0.335. The zero-order valence-electron chi connectivity index (χ0n) is 10.4. The van der Waals surface area contributed by atoms with E-state index in [2.05, 4.69) is 5.32 Å². The van der Waals surface area contributed by atoms with Gasteiger partial charge < -0.3 is 5.32 Å². The summed E-state index contributed by atoms with van der Waals surface area (Å²) < 4.78 is 13.5. The maximum absolute atomic E-state index is 12.9. The number of carbonyl (C=O) groups is 1. The number of carbonyl (C=O) groups excluding carboxylic acids is 1. The minimum absolute atomic E-state index is 0.0388. The molecule has 100 valence electrons. The second-order valence-electron chi connectivity index (χ2n) is 4.91. The fourth-order valence-electron chi connectivity index (χ4n) is 1.43. The highest BCUT2D eigenvalue weighted by atomic mass is 127. The average Bonchev–Trinajstić information content (AvgIpc) is 2.26. The highest BCUT2D eigenvalue weighted by Gasteiger charge is 2.19. The van der Waals surface area contributed by atoms with Crippen LogP contribution in [0.3, 0.4) is 0 Å². The van der Waals surface area contributed by atoms with Crippen molar-refractivity contribution in [3.05, 3.63) is 33.1 Å². The summed E-state index contributed by atoms with van der Waals surface area (Å²) in [6.45, 7) is 4.64. The van der Waals surface area contributed by atoms with Gasteiger partial charge in [0.15, 0.2) is 0 Å². The van der Waals surface area contributed by atoms with E-state index in [0.29, 0.717) is 21.6 Å². The van der Waals surface area contributed by atoms with Gasteiger partial charge in [0.1, 0.15) is 5.82 Å². The Morgan fingerprint density at radius 1 is 1.50 bits per heavy atom. The Morgan fingerprint density at radius 3 is 2.72 bits per heavy atom. The average molecular weight is 384 g/mol. The van der Waals surface area contributed by atoms with Crippen LogP contribution >= 0.6 is 34.2 Å². The van der Waals surface area contributed by atoms with E-state index in [1.807, 2.05) is 36.4 Å². The molecule has 0 atom stereocenters. The van der Waals surface area contributed by atoms with Crippen molar-refractivity contribution in [3.8, 4) is 0 Å². The highest BCUT2D eigenvalue weighted by Crippen LogP contribution is 2.20. The SMILES string of the molecule is CC(C)(CCCl)CNC(=O)c1ccc(F)cc1I.